The maximum atomic E-state index is 11.5. The predicted octanol–water partition coefficient (Wildman–Crippen LogP) is 2.20. The number of carbonyl (C=O) groups is 1. The van der Waals surface area contributed by atoms with E-state index in [0.29, 0.717) is 12.4 Å². The van der Waals surface area contributed by atoms with Crippen LogP contribution >= 0.6 is 11.6 Å². The number of alkyl halides is 1. The lowest BCUT2D eigenvalue weighted by Gasteiger charge is -2.26. The molecule has 1 aromatic carbocycles. The van der Waals surface area contributed by atoms with Crippen LogP contribution in [0.5, 0.6) is 0 Å². The molecule has 80 valence electrons. The Labute approximate surface area is 94.0 Å². The molecule has 2 rings (SSSR count). The van der Waals surface area contributed by atoms with Crippen molar-refractivity contribution in [2.45, 2.75) is 12.8 Å². The molecule has 0 saturated heterocycles. The van der Waals surface area contributed by atoms with E-state index < -0.39 is 0 Å². The van der Waals surface area contributed by atoms with Gasteiger partial charge in [-0.25, -0.2) is 0 Å². The number of nitrogens with one attached hydrogen (secondary N) is 1. The number of anilines is 2. The van der Waals surface area contributed by atoms with E-state index in [1.807, 2.05) is 19.2 Å². The Hall–Kier alpha value is -1.22. The molecule has 0 spiro atoms. The van der Waals surface area contributed by atoms with Crippen LogP contribution in [0.25, 0.3) is 0 Å². The fraction of sp³-hybridized carbons (Fsp3) is 0.364. The van der Waals surface area contributed by atoms with Gasteiger partial charge in [0.05, 0.1) is 6.00 Å². The van der Waals surface area contributed by atoms with Gasteiger partial charge in [-0.15, -0.1) is 11.6 Å². The average molecular weight is 225 g/mol. The van der Waals surface area contributed by atoms with Gasteiger partial charge in [0.15, 0.2) is 0 Å². The molecule has 1 heterocycles. The minimum Gasteiger partial charge on any atom is -0.372 e. The van der Waals surface area contributed by atoms with E-state index in [2.05, 4.69) is 11.4 Å². The molecule has 15 heavy (non-hydrogen) atoms. The first-order valence-corrected chi connectivity index (χ1v) is 5.45. The van der Waals surface area contributed by atoms with Crippen LogP contribution in [-0.4, -0.2) is 19.0 Å². The maximum Gasteiger partial charge on any atom is 0.227 e. The van der Waals surface area contributed by atoms with Gasteiger partial charge < -0.3 is 10.2 Å². The summed E-state index contributed by atoms with van der Waals surface area (Å²) in [5.74, 6) is 0.181. The van der Waals surface area contributed by atoms with Gasteiger partial charge in [-0.3, -0.25) is 4.79 Å². The summed E-state index contributed by atoms with van der Waals surface area (Å²) in [4.78, 5) is 13.2. The summed E-state index contributed by atoms with van der Waals surface area (Å²) in [6, 6.07) is 6.35. The van der Waals surface area contributed by atoms with Crippen LogP contribution in [0.3, 0.4) is 0 Å². The summed E-state index contributed by atoms with van der Waals surface area (Å²) in [7, 11) is 1.81. The van der Waals surface area contributed by atoms with Crippen LogP contribution in [0.2, 0.25) is 0 Å². The molecule has 1 aliphatic rings. The third-order valence-corrected chi connectivity index (χ3v) is 2.83. The van der Waals surface area contributed by atoms with E-state index in [4.69, 9.17) is 11.6 Å². The van der Waals surface area contributed by atoms with Gasteiger partial charge in [-0.2, -0.15) is 0 Å². The molecule has 0 aliphatic carbocycles. The highest BCUT2D eigenvalue weighted by Crippen LogP contribution is 2.29. The summed E-state index contributed by atoms with van der Waals surface area (Å²) in [6.07, 6.45) is 1.41. The van der Waals surface area contributed by atoms with Gasteiger partial charge >= 0.3 is 0 Å². The monoisotopic (exact) mass is 224 g/mol. The molecule has 1 N–H and O–H groups in total. The molecule has 0 atom stereocenters. The Balaban J connectivity index is 2.34. The number of fused-ring (bicyclic) bond motifs is 1. The van der Waals surface area contributed by atoms with E-state index in [0.717, 1.165) is 17.8 Å². The van der Waals surface area contributed by atoms with Crippen molar-refractivity contribution in [3.63, 3.8) is 0 Å². The lowest BCUT2D eigenvalue weighted by molar-refractivity contribution is -0.118. The van der Waals surface area contributed by atoms with Crippen molar-refractivity contribution in [2.24, 2.45) is 0 Å². The quantitative estimate of drug-likeness (QED) is 0.617. The smallest absolute Gasteiger partial charge is 0.227 e. The number of hydrogen-bond acceptors (Lipinski definition) is 2. The van der Waals surface area contributed by atoms with Gasteiger partial charge in [0.25, 0.3) is 0 Å². The Bertz CT molecular complexity index is 392. The molecule has 1 aromatic rings. The Kier molecular flexibility index (Phi) is 2.82. The summed E-state index contributed by atoms with van der Waals surface area (Å²) in [6.45, 7) is 0. The highest BCUT2D eigenvalue weighted by molar-refractivity contribution is 6.18. The lowest BCUT2D eigenvalue weighted by Crippen LogP contribution is -2.31. The Morgan fingerprint density at radius 3 is 3.00 bits per heavy atom. The molecule has 1 amide bonds. The minimum absolute atomic E-state index is 0.181. The summed E-state index contributed by atoms with van der Waals surface area (Å²) in [5.41, 5.74) is 3.21. The van der Waals surface area contributed by atoms with Crippen molar-refractivity contribution in [2.75, 3.05) is 23.3 Å². The zero-order chi connectivity index (χ0) is 10.8. The second kappa shape index (κ2) is 4.11. The molecule has 0 aromatic heterocycles. The van der Waals surface area contributed by atoms with Crippen LogP contribution < -0.4 is 10.2 Å². The number of aryl methyl sites for hydroxylation is 1. The number of benzene rings is 1. The number of carbonyl (C=O) groups excluding carboxylic acids is 1. The maximum absolute atomic E-state index is 11.5. The highest BCUT2D eigenvalue weighted by Gasteiger charge is 2.20. The van der Waals surface area contributed by atoms with E-state index in [1.165, 1.54) is 5.56 Å². The Morgan fingerprint density at radius 1 is 1.47 bits per heavy atom. The summed E-state index contributed by atoms with van der Waals surface area (Å²) >= 11 is 5.60. The minimum atomic E-state index is 0.181. The van der Waals surface area contributed by atoms with Gasteiger partial charge in [0.2, 0.25) is 5.91 Å². The standard InChI is InChI=1S/C11H13ClN2O/c1-14-10-4-3-9(13-7-12)6-8(10)2-5-11(14)15/h3-4,6,13H,2,5,7H2,1H3. The predicted molar refractivity (Wildman–Crippen MR) is 62.5 cm³/mol. The molecule has 0 saturated carbocycles. The molecule has 0 bridgehead atoms. The molecule has 0 radical (unpaired) electrons. The second-order valence-electron chi connectivity index (χ2n) is 3.61. The first-order valence-electron chi connectivity index (χ1n) is 4.91. The van der Waals surface area contributed by atoms with Crippen molar-refractivity contribution in [1.82, 2.24) is 0 Å². The molecular weight excluding hydrogens is 212 g/mol. The van der Waals surface area contributed by atoms with Crippen molar-refractivity contribution >= 4 is 28.9 Å². The largest absolute Gasteiger partial charge is 0.372 e. The second-order valence-corrected chi connectivity index (χ2v) is 3.87. The van der Waals surface area contributed by atoms with Crippen LogP contribution in [0.1, 0.15) is 12.0 Å². The fourth-order valence-electron chi connectivity index (χ4n) is 1.84. The fourth-order valence-corrected chi connectivity index (χ4v) is 2.00. The number of hydrogen-bond donors (Lipinski definition) is 1. The van der Waals surface area contributed by atoms with Crippen LogP contribution in [0.15, 0.2) is 18.2 Å². The van der Waals surface area contributed by atoms with E-state index in [9.17, 15) is 4.79 Å². The molecule has 3 nitrogen and oxygen atoms in total. The van der Waals surface area contributed by atoms with Crippen LogP contribution in [0, 0.1) is 0 Å². The van der Waals surface area contributed by atoms with Crippen molar-refractivity contribution in [1.29, 1.82) is 0 Å². The number of halogens is 1. The van der Waals surface area contributed by atoms with Crippen LogP contribution in [0.4, 0.5) is 11.4 Å². The first kappa shape index (κ1) is 10.3. The van der Waals surface area contributed by atoms with E-state index >= 15 is 0 Å². The van der Waals surface area contributed by atoms with Crippen molar-refractivity contribution in [3.05, 3.63) is 23.8 Å². The SMILES string of the molecule is CN1C(=O)CCc2cc(NCCl)ccc21. The summed E-state index contributed by atoms with van der Waals surface area (Å²) in [5, 5.41) is 3.05. The Morgan fingerprint density at radius 2 is 2.27 bits per heavy atom. The van der Waals surface area contributed by atoms with Crippen molar-refractivity contribution in [3.8, 4) is 0 Å². The zero-order valence-corrected chi connectivity index (χ0v) is 9.34. The van der Waals surface area contributed by atoms with Gasteiger partial charge in [0.1, 0.15) is 0 Å². The third-order valence-electron chi connectivity index (χ3n) is 2.69. The van der Waals surface area contributed by atoms with E-state index in [-0.39, 0.29) is 5.91 Å². The van der Waals surface area contributed by atoms with E-state index in [1.54, 1.807) is 4.90 Å². The average Bonchev–Trinajstić information content (AvgIpc) is 2.24. The topological polar surface area (TPSA) is 32.3 Å². The van der Waals surface area contributed by atoms with Gasteiger partial charge in [-0.1, -0.05) is 0 Å². The highest BCUT2D eigenvalue weighted by atomic mass is 35.5. The summed E-state index contributed by atoms with van der Waals surface area (Å²) < 4.78 is 0. The number of nitrogens with zero attached hydrogens (tertiary/aromatic N) is 1. The normalized spacial score (nSPS) is 15.1. The van der Waals surface area contributed by atoms with Gasteiger partial charge in [-0.05, 0) is 30.2 Å². The van der Waals surface area contributed by atoms with Crippen molar-refractivity contribution < 1.29 is 4.79 Å². The lowest BCUT2D eigenvalue weighted by atomic mass is 10.0. The molecule has 0 fully saturated rings. The molecule has 1 aliphatic heterocycles. The van der Waals surface area contributed by atoms with Crippen LogP contribution in [-0.2, 0) is 11.2 Å². The molecule has 0 unspecified atom stereocenters. The first-order chi connectivity index (χ1) is 7.22. The molecule has 4 heteroatoms. The third kappa shape index (κ3) is 1.92. The number of rotatable bonds is 2. The zero-order valence-electron chi connectivity index (χ0n) is 8.59. The van der Waals surface area contributed by atoms with Gasteiger partial charge in [0, 0.05) is 24.8 Å². The number of amides is 1. The molecular formula is C11H13ClN2O.